The average molecular weight is 410 g/mol. The number of esters is 1. The van der Waals surface area contributed by atoms with Gasteiger partial charge in [0.2, 0.25) is 11.1 Å². The second-order valence-corrected chi connectivity index (χ2v) is 7.33. The van der Waals surface area contributed by atoms with E-state index in [4.69, 9.17) is 4.74 Å². The monoisotopic (exact) mass is 410 g/mol. The van der Waals surface area contributed by atoms with Crippen molar-refractivity contribution in [2.75, 3.05) is 17.7 Å². The van der Waals surface area contributed by atoms with E-state index in [2.05, 4.69) is 20.5 Å². The van der Waals surface area contributed by atoms with E-state index in [9.17, 15) is 9.59 Å². The summed E-state index contributed by atoms with van der Waals surface area (Å²) >= 11 is 1.24. The zero-order chi connectivity index (χ0) is 20.6. The molecule has 3 rings (SSSR count). The highest BCUT2D eigenvalue weighted by Crippen LogP contribution is 2.20. The molecule has 0 fully saturated rings. The molecular weight excluding hydrogens is 388 g/mol. The number of hydrogen-bond acceptors (Lipinski definition) is 6. The van der Waals surface area contributed by atoms with E-state index in [0.29, 0.717) is 28.8 Å². The van der Waals surface area contributed by atoms with Crippen LogP contribution in [0, 0.1) is 6.92 Å². The fourth-order valence-electron chi connectivity index (χ4n) is 2.45. The zero-order valence-corrected chi connectivity index (χ0v) is 17.1. The first-order valence-electron chi connectivity index (χ1n) is 9.24. The summed E-state index contributed by atoms with van der Waals surface area (Å²) < 4.78 is 5.08. The number of aromatic nitrogens is 3. The molecule has 0 aliphatic heterocycles. The molecule has 0 bridgehead atoms. The van der Waals surface area contributed by atoms with Crippen molar-refractivity contribution in [3.8, 4) is 11.4 Å². The quantitative estimate of drug-likeness (QED) is 0.429. The number of thioether (sulfide) groups is 1. The number of hydrogen-bond donors (Lipinski definition) is 2. The summed E-state index contributed by atoms with van der Waals surface area (Å²) in [5, 5.41) is 10.3. The van der Waals surface area contributed by atoms with Crippen LogP contribution in [0.2, 0.25) is 0 Å². The summed E-state index contributed by atoms with van der Waals surface area (Å²) in [6.45, 7) is 4.35. The lowest BCUT2D eigenvalue weighted by molar-refractivity contribution is -0.113. The van der Waals surface area contributed by atoms with Crippen molar-refractivity contribution in [3.63, 3.8) is 0 Å². The van der Waals surface area contributed by atoms with Gasteiger partial charge in [0.25, 0.3) is 0 Å². The van der Waals surface area contributed by atoms with Crippen LogP contribution in [0.25, 0.3) is 11.4 Å². The van der Waals surface area contributed by atoms with Gasteiger partial charge in [-0.05, 0) is 37.6 Å². The Kier molecular flexibility index (Phi) is 7.02. The van der Waals surface area contributed by atoms with Crippen LogP contribution in [-0.2, 0) is 9.53 Å². The number of aryl methyl sites for hydroxylation is 1. The number of carbonyl (C=O) groups excluding carboxylic acids is 2. The number of ether oxygens (including phenoxy) is 1. The van der Waals surface area contributed by atoms with Gasteiger partial charge in [-0.25, -0.2) is 9.78 Å². The van der Waals surface area contributed by atoms with E-state index < -0.39 is 0 Å². The van der Waals surface area contributed by atoms with Gasteiger partial charge in [0, 0.05) is 11.3 Å². The second kappa shape index (κ2) is 9.88. The molecule has 0 atom stereocenters. The summed E-state index contributed by atoms with van der Waals surface area (Å²) in [4.78, 5) is 28.4. The highest BCUT2D eigenvalue weighted by molar-refractivity contribution is 7.99. The number of nitrogens with zero attached hydrogens (tertiary/aromatic N) is 2. The van der Waals surface area contributed by atoms with Crippen LogP contribution in [-0.4, -0.2) is 39.4 Å². The van der Waals surface area contributed by atoms with Crippen LogP contribution in [0.5, 0.6) is 0 Å². The molecule has 1 aromatic heterocycles. The predicted octanol–water partition coefficient (Wildman–Crippen LogP) is 4.08. The Morgan fingerprint density at radius 2 is 1.83 bits per heavy atom. The van der Waals surface area contributed by atoms with Crippen LogP contribution in [0.1, 0.15) is 29.3 Å². The lowest BCUT2D eigenvalue weighted by atomic mass is 10.1. The van der Waals surface area contributed by atoms with Gasteiger partial charge < -0.3 is 10.1 Å². The lowest BCUT2D eigenvalue weighted by Gasteiger charge is -2.06. The second-order valence-electron chi connectivity index (χ2n) is 6.38. The number of nitrogens with one attached hydrogen (secondary N) is 2. The lowest BCUT2D eigenvalue weighted by Crippen LogP contribution is -2.14. The third kappa shape index (κ3) is 5.92. The zero-order valence-electron chi connectivity index (χ0n) is 16.3. The molecule has 0 unspecified atom stereocenters. The molecule has 7 nitrogen and oxygen atoms in total. The minimum atomic E-state index is -0.366. The Bertz CT molecular complexity index is 968. The molecule has 0 saturated carbocycles. The standard InChI is InChI=1S/C21H22N4O3S/c1-3-12-28-20(27)16-8-10-17(11-9-16)22-18(26)13-29-21-23-19(24-25-21)15-6-4-14(2)5-7-15/h4-11H,3,12-13H2,1-2H3,(H,22,26)(H,23,24,25). The highest BCUT2D eigenvalue weighted by Gasteiger charge is 2.10. The molecular formula is C21H22N4O3S. The normalized spacial score (nSPS) is 10.6. The molecule has 0 spiro atoms. The molecule has 150 valence electrons. The molecule has 2 N–H and O–H groups in total. The van der Waals surface area contributed by atoms with Gasteiger partial charge in [-0.3, -0.25) is 9.89 Å². The summed E-state index contributed by atoms with van der Waals surface area (Å²) in [7, 11) is 0. The van der Waals surface area contributed by atoms with Crippen molar-refractivity contribution in [1.29, 1.82) is 0 Å². The predicted molar refractivity (Wildman–Crippen MR) is 113 cm³/mol. The SMILES string of the molecule is CCCOC(=O)c1ccc(NC(=O)CSc2n[nH]c(-c3ccc(C)cc3)n2)cc1. The molecule has 8 heteroatoms. The van der Waals surface area contributed by atoms with E-state index >= 15 is 0 Å². The van der Waals surface area contributed by atoms with Crippen molar-refractivity contribution >= 4 is 29.3 Å². The fraction of sp³-hybridized carbons (Fsp3) is 0.238. The smallest absolute Gasteiger partial charge is 0.338 e. The van der Waals surface area contributed by atoms with E-state index in [0.717, 1.165) is 12.0 Å². The largest absolute Gasteiger partial charge is 0.462 e. The molecule has 3 aromatic rings. The maximum absolute atomic E-state index is 12.2. The van der Waals surface area contributed by atoms with Crippen molar-refractivity contribution in [1.82, 2.24) is 15.2 Å². The van der Waals surface area contributed by atoms with Gasteiger partial charge in [0.05, 0.1) is 17.9 Å². The first-order chi connectivity index (χ1) is 14.0. The van der Waals surface area contributed by atoms with Gasteiger partial charge in [-0.2, -0.15) is 0 Å². The van der Waals surface area contributed by atoms with E-state index in [1.807, 2.05) is 38.1 Å². The third-order valence-corrected chi connectivity index (χ3v) is 4.81. The van der Waals surface area contributed by atoms with Gasteiger partial charge in [0.15, 0.2) is 5.82 Å². The maximum Gasteiger partial charge on any atom is 0.338 e. The first kappa shape index (κ1) is 20.6. The van der Waals surface area contributed by atoms with Crippen molar-refractivity contribution in [3.05, 3.63) is 59.7 Å². The Morgan fingerprint density at radius 3 is 2.52 bits per heavy atom. The topological polar surface area (TPSA) is 97.0 Å². The Balaban J connectivity index is 1.50. The molecule has 1 heterocycles. The number of amides is 1. The minimum absolute atomic E-state index is 0.172. The van der Waals surface area contributed by atoms with E-state index in [1.165, 1.54) is 17.3 Å². The Hall–Kier alpha value is -3.13. The number of H-pyrrole nitrogens is 1. The third-order valence-electron chi connectivity index (χ3n) is 3.96. The van der Waals surface area contributed by atoms with Crippen molar-refractivity contribution in [2.45, 2.75) is 25.4 Å². The van der Waals surface area contributed by atoms with Crippen molar-refractivity contribution < 1.29 is 14.3 Å². The van der Waals surface area contributed by atoms with Gasteiger partial charge in [-0.15, -0.1) is 5.10 Å². The van der Waals surface area contributed by atoms with Crippen LogP contribution in [0.3, 0.4) is 0 Å². The van der Waals surface area contributed by atoms with Gasteiger partial charge in [0.1, 0.15) is 0 Å². The molecule has 29 heavy (non-hydrogen) atoms. The Morgan fingerprint density at radius 1 is 1.10 bits per heavy atom. The molecule has 1 amide bonds. The molecule has 2 aromatic carbocycles. The number of anilines is 1. The number of carbonyl (C=O) groups is 2. The number of benzene rings is 2. The molecule has 0 aliphatic rings. The van der Waals surface area contributed by atoms with Gasteiger partial charge >= 0.3 is 5.97 Å². The van der Waals surface area contributed by atoms with Gasteiger partial charge in [-0.1, -0.05) is 48.5 Å². The number of rotatable bonds is 8. The summed E-state index contributed by atoms with van der Waals surface area (Å²) in [6, 6.07) is 14.6. The average Bonchev–Trinajstić information content (AvgIpc) is 3.20. The Labute approximate surface area is 173 Å². The molecule has 0 radical (unpaired) electrons. The minimum Gasteiger partial charge on any atom is -0.462 e. The van der Waals surface area contributed by atoms with E-state index in [1.54, 1.807) is 24.3 Å². The molecule has 0 saturated heterocycles. The van der Waals surface area contributed by atoms with Crippen LogP contribution < -0.4 is 5.32 Å². The van der Waals surface area contributed by atoms with Crippen LogP contribution in [0.15, 0.2) is 53.7 Å². The van der Waals surface area contributed by atoms with Crippen LogP contribution >= 0.6 is 11.8 Å². The summed E-state index contributed by atoms with van der Waals surface area (Å²) in [6.07, 6.45) is 0.773. The fourth-order valence-corrected chi connectivity index (χ4v) is 3.04. The maximum atomic E-state index is 12.2. The van der Waals surface area contributed by atoms with Crippen molar-refractivity contribution in [2.24, 2.45) is 0 Å². The number of aromatic amines is 1. The highest BCUT2D eigenvalue weighted by atomic mass is 32.2. The first-order valence-corrected chi connectivity index (χ1v) is 10.2. The van der Waals surface area contributed by atoms with E-state index in [-0.39, 0.29) is 17.6 Å². The van der Waals surface area contributed by atoms with Crippen LogP contribution in [0.4, 0.5) is 5.69 Å². The summed E-state index contributed by atoms with van der Waals surface area (Å²) in [5.74, 6) is 0.289. The molecule has 0 aliphatic carbocycles. The summed E-state index contributed by atoms with van der Waals surface area (Å²) in [5.41, 5.74) is 3.18.